The molecule has 0 saturated heterocycles. The van der Waals surface area contributed by atoms with Crippen LogP contribution >= 0.6 is 11.6 Å². The molecule has 6 nitrogen and oxygen atoms in total. The van der Waals surface area contributed by atoms with Gasteiger partial charge in [-0.05, 0) is 45.0 Å². The fourth-order valence-corrected chi connectivity index (χ4v) is 3.13. The zero-order chi connectivity index (χ0) is 20.7. The highest BCUT2D eigenvalue weighted by Crippen LogP contribution is 2.40. The Morgan fingerprint density at radius 2 is 1.57 bits per heavy atom. The van der Waals surface area contributed by atoms with Crippen LogP contribution in [0, 0.1) is 0 Å². The fourth-order valence-electron chi connectivity index (χ4n) is 2.78. The van der Waals surface area contributed by atoms with Gasteiger partial charge in [0.15, 0.2) is 11.5 Å². The minimum atomic E-state index is -0.296. The quantitative estimate of drug-likeness (QED) is 0.644. The van der Waals surface area contributed by atoms with Crippen molar-refractivity contribution in [1.29, 1.82) is 0 Å². The molecule has 1 N–H and O–H groups in total. The van der Waals surface area contributed by atoms with Crippen molar-refractivity contribution in [3.05, 3.63) is 40.9 Å². The molecule has 0 aromatic heterocycles. The second kappa shape index (κ2) is 10.1. The number of ether oxygens (including phenoxy) is 3. The number of carbonyl (C=O) groups excluding carboxylic acids is 1. The molecule has 2 aromatic rings. The Morgan fingerprint density at radius 3 is 2.07 bits per heavy atom. The summed E-state index contributed by atoms with van der Waals surface area (Å²) in [4.78, 5) is 14.8. The van der Waals surface area contributed by atoms with E-state index in [0.29, 0.717) is 53.3 Å². The number of rotatable bonds is 9. The van der Waals surface area contributed by atoms with Gasteiger partial charge in [0, 0.05) is 19.7 Å². The van der Waals surface area contributed by atoms with Gasteiger partial charge in [-0.3, -0.25) is 4.79 Å². The molecule has 0 aliphatic heterocycles. The Balaban J connectivity index is 2.44. The molecule has 0 bridgehead atoms. The van der Waals surface area contributed by atoms with Crippen molar-refractivity contribution < 1.29 is 19.0 Å². The molecule has 0 aliphatic carbocycles. The van der Waals surface area contributed by atoms with Crippen molar-refractivity contribution in [2.24, 2.45) is 0 Å². The van der Waals surface area contributed by atoms with Gasteiger partial charge in [-0.15, -0.1) is 0 Å². The molecule has 152 valence electrons. The van der Waals surface area contributed by atoms with E-state index < -0.39 is 0 Å². The molecule has 1 amide bonds. The maximum Gasteiger partial charge on any atom is 0.255 e. The van der Waals surface area contributed by atoms with Crippen LogP contribution in [0.5, 0.6) is 17.2 Å². The summed E-state index contributed by atoms with van der Waals surface area (Å²) in [6.07, 6.45) is 0. The lowest BCUT2D eigenvalue weighted by Crippen LogP contribution is -2.17. The number of hydrogen-bond donors (Lipinski definition) is 1. The van der Waals surface area contributed by atoms with Gasteiger partial charge >= 0.3 is 0 Å². The van der Waals surface area contributed by atoms with Gasteiger partial charge in [0.25, 0.3) is 5.91 Å². The lowest BCUT2D eigenvalue weighted by molar-refractivity contribution is 0.102. The van der Waals surface area contributed by atoms with Crippen LogP contribution in [0.15, 0.2) is 30.3 Å². The van der Waals surface area contributed by atoms with Crippen LogP contribution in [0.2, 0.25) is 5.02 Å². The van der Waals surface area contributed by atoms with E-state index in [0.717, 1.165) is 5.69 Å². The summed E-state index contributed by atoms with van der Waals surface area (Å²) < 4.78 is 17.1. The van der Waals surface area contributed by atoms with Crippen LogP contribution in [0.4, 0.5) is 11.4 Å². The third kappa shape index (κ3) is 5.01. The summed E-state index contributed by atoms with van der Waals surface area (Å²) in [6.45, 7) is 6.97. The minimum absolute atomic E-state index is 0.296. The highest BCUT2D eigenvalue weighted by Gasteiger charge is 2.19. The van der Waals surface area contributed by atoms with Crippen molar-refractivity contribution in [2.75, 3.05) is 44.1 Å². The largest absolute Gasteiger partial charge is 0.490 e. The number of nitrogens with one attached hydrogen (secondary N) is 1. The van der Waals surface area contributed by atoms with Crippen molar-refractivity contribution in [3.63, 3.8) is 0 Å². The number of benzene rings is 2. The van der Waals surface area contributed by atoms with E-state index in [9.17, 15) is 4.79 Å². The van der Waals surface area contributed by atoms with Crippen molar-refractivity contribution in [3.8, 4) is 17.2 Å². The van der Waals surface area contributed by atoms with Crippen LogP contribution in [0.3, 0.4) is 0 Å². The molecular formula is C21H27ClN2O4. The number of carbonyl (C=O) groups is 1. The summed E-state index contributed by atoms with van der Waals surface area (Å²) in [7, 11) is 3.74. The highest BCUT2D eigenvalue weighted by atomic mass is 35.5. The van der Waals surface area contributed by atoms with E-state index >= 15 is 0 Å². The predicted octanol–water partition coefficient (Wildman–Crippen LogP) is 4.85. The van der Waals surface area contributed by atoms with Gasteiger partial charge in [0.1, 0.15) is 0 Å². The van der Waals surface area contributed by atoms with E-state index in [4.69, 9.17) is 25.8 Å². The molecule has 2 rings (SSSR count). The molecule has 0 atom stereocenters. The molecular weight excluding hydrogens is 380 g/mol. The number of amides is 1. The van der Waals surface area contributed by atoms with Crippen molar-refractivity contribution in [2.45, 2.75) is 20.8 Å². The summed E-state index contributed by atoms with van der Waals surface area (Å²) in [5, 5.41) is 3.48. The number of anilines is 2. The van der Waals surface area contributed by atoms with Gasteiger partial charge in [-0.25, -0.2) is 0 Å². The number of halogens is 1. The molecule has 0 aliphatic rings. The summed E-state index contributed by atoms with van der Waals surface area (Å²) >= 11 is 6.29. The Labute approximate surface area is 171 Å². The highest BCUT2D eigenvalue weighted by molar-refractivity contribution is 6.34. The fraction of sp³-hybridized carbons (Fsp3) is 0.381. The first-order valence-electron chi connectivity index (χ1n) is 9.26. The Hall–Kier alpha value is -2.60. The second-order valence-corrected chi connectivity index (χ2v) is 6.49. The molecule has 7 heteroatoms. The zero-order valence-corrected chi connectivity index (χ0v) is 17.7. The molecule has 0 unspecified atom stereocenters. The maximum absolute atomic E-state index is 13.0. The molecule has 0 radical (unpaired) electrons. The first kappa shape index (κ1) is 21.7. The SMILES string of the molecule is CCOc1cc(C(=O)Nc2cccc(Cl)c2N(C)C)cc(OCC)c1OCC. The lowest BCUT2D eigenvalue weighted by atomic mass is 10.1. The van der Waals surface area contributed by atoms with Gasteiger partial charge in [-0.2, -0.15) is 0 Å². The van der Waals surface area contributed by atoms with Crippen LogP contribution in [-0.2, 0) is 0 Å². The van der Waals surface area contributed by atoms with Gasteiger partial charge < -0.3 is 24.4 Å². The minimum Gasteiger partial charge on any atom is -0.490 e. The number of nitrogens with zero attached hydrogens (tertiary/aromatic N) is 1. The molecule has 0 saturated carbocycles. The van der Waals surface area contributed by atoms with Gasteiger partial charge in [0.2, 0.25) is 5.75 Å². The number of hydrogen-bond acceptors (Lipinski definition) is 5. The van der Waals surface area contributed by atoms with Crippen molar-refractivity contribution >= 4 is 28.9 Å². The molecule has 0 heterocycles. The van der Waals surface area contributed by atoms with Gasteiger partial charge in [-0.1, -0.05) is 17.7 Å². The van der Waals surface area contributed by atoms with Crippen LogP contribution in [0.25, 0.3) is 0 Å². The Morgan fingerprint density at radius 1 is 1.00 bits per heavy atom. The zero-order valence-electron chi connectivity index (χ0n) is 17.0. The summed E-state index contributed by atoms with van der Waals surface area (Å²) in [6, 6.07) is 8.70. The smallest absolute Gasteiger partial charge is 0.255 e. The Kier molecular flexibility index (Phi) is 7.81. The standard InChI is InChI=1S/C21H27ClN2O4/c1-6-26-17-12-14(13-18(27-7-2)20(17)28-8-3)21(25)23-16-11-9-10-15(22)19(16)24(4)5/h9-13H,6-8H2,1-5H3,(H,23,25). The normalized spacial score (nSPS) is 10.4. The van der Waals surface area contributed by atoms with E-state index in [1.54, 1.807) is 30.3 Å². The predicted molar refractivity (Wildman–Crippen MR) is 114 cm³/mol. The summed E-state index contributed by atoms with van der Waals surface area (Å²) in [5.74, 6) is 1.15. The third-order valence-corrected chi connectivity index (χ3v) is 4.16. The molecule has 2 aromatic carbocycles. The first-order valence-corrected chi connectivity index (χ1v) is 9.64. The van der Waals surface area contributed by atoms with Crippen molar-refractivity contribution in [1.82, 2.24) is 0 Å². The van der Waals surface area contributed by atoms with Crippen LogP contribution in [-0.4, -0.2) is 39.8 Å². The summed E-state index contributed by atoms with van der Waals surface area (Å²) in [5.41, 5.74) is 1.76. The van der Waals surface area contributed by atoms with Crippen LogP contribution < -0.4 is 24.4 Å². The topological polar surface area (TPSA) is 60.0 Å². The molecule has 28 heavy (non-hydrogen) atoms. The van der Waals surface area contributed by atoms with E-state index in [1.165, 1.54) is 0 Å². The first-order chi connectivity index (χ1) is 13.4. The number of para-hydroxylation sites is 1. The van der Waals surface area contributed by atoms with Gasteiger partial charge in [0.05, 0.1) is 36.2 Å². The maximum atomic E-state index is 13.0. The third-order valence-electron chi connectivity index (χ3n) is 3.85. The van der Waals surface area contributed by atoms with E-state index in [2.05, 4.69) is 5.32 Å². The van der Waals surface area contributed by atoms with E-state index in [1.807, 2.05) is 39.8 Å². The van der Waals surface area contributed by atoms with Crippen LogP contribution in [0.1, 0.15) is 31.1 Å². The van der Waals surface area contributed by atoms with E-state index in [-0.39, 0.29) is 5.91 Å². The molecule has 0 fully saturated rings. The average molecular weight is 407 g/mol. The molecule has 0 spiro atoms. The second-order valence-electron chi connectivity index (χ2n) is 6.09. The lowest BCUT2D eigenvalue weighted by Gasteiger charge is -2.20. The average Bonchev–Trinajstić information content (AvgIpc) is 2.64. The monoisotopic (exact) mass is 406 g/mol. The Bertz CT molecular complexity index is 797.